The summed E-state index contributed by atoms with van der Waals surface area (Å²) in [6.07, 6.45) is 9.17. The van der Waals surface area contributed by atoms with Crippen molar-refractivity contribution in [2.45, 2.75) is 97.4 Å². The highest BCUT2D eigenvalue weighted by atomic mass is 35.5. The van der Waals surface area contributed by atoms with Crippen molar-refractivity contribution in [2.24, 2.45) is 14.1 Å². The molecule has 0 radical (unpaired) electrons. The first-order valence-corrected chi connectivity index (χ1v) is 18.1. The number of hydrogen-bond donors (Lipinski definition) is 1. The number of esters is 2. The summed E-state index contributed by atoms with van der Waals surface area (Å²) < 4.78 is 12.9. The van der Waals surface area contributed by atoms with E-state index in [4.69, 9.17) is 26.3 Å². The predicted octanol–water partition coefficient (Wildman–Crippen LogP) is 6.67. The minimum Gasteiger partial charge on any atom is -0.469 e. The van der Waals surface area contributed by atoms with Gasteiger partial charge in [0, 0.05) is 46.3 Å². The maximum atomic E-state index is 11.3. The van der Waals surface area contributed by atoms with Crippen molar-refractivity contribution < 1.29 is 19.1 Å². The molecule has 0 aliphatic carbocycles. The molecule has 0 aliphatic rings. The Kier molecular flexibility index (Phi) is 15.1. The van der Waals surface area contributed by atoms with Gasteiger partial charge < -0.3 is 14.8 Å². The predicted molar refractivity (Wildman–Crippen MR) is 199 cm³/mol. The number of carbonyl (C=O) groups excluding carboxylic acids is 2. The fourth-order valence-corrected chi connectivity index (χ4v) is 6.08. The quantitative estimate of drug-likeness (QED) is 0.0623. The van der Waals surface area contributed by atoms with Crippen molar-refractivity contribution in [1.29, 1.82) is 0 Å². The topological polar surface area (TPSA) is 152 Å². The molecule has 0 aliphatic heterocycles. The van der Waals surface area contributed by atoms with Crippen LogP contribution in [-0.4, -0.2) is 65.7 Å². The zero-order valence-corrected chi connectivity index (χ0v) is 31.4. The Labute approximate surface area is 304 Å². The van der Waals surface area contributed by atoms with Gasteiger partial charge in [0.15, 0.2) is 11.0 Å². The van der Waals surface area contributed by atoms with E-state index in [1.54, 1.807) is 4.68 Å². The number of unbranched alkanes of at least 4 members (excludes halogenated alkanes) is 2. The van der Waals surface area contributed by atoms with Gasteiger partial charge in [0.2, 0.25) is 0 Å². The summed E-state index contributed by atoms with van der Waals surface area (Å²) in [5, 5.41) is 13.1. The maximum absolute atomic E-state index is 11.3. The zero-order valence-electron chi connectivity index (χ0n) is 30.7. The lowest BCUT2D eigenvalue weighted by atomic mass is 10.1. The van der Waals surface area contributed by atoms with Crippen molar-refractivity contribution in [3.8, 4) is 0 Å². The van der Waals surface area contributed by atoms with E-state index in [0.29, 0.717) is 43.2 Å². The van der Waals surface area contributed by atoms with E-state index < -0.39 is 0 Å². The number of carbonyl (C=O) groups is 2. The number of ether oxygens (including phenoxy) is 2. The van der Waals surface area contributed by atoms with Crippen LogP contribution in [0.5, 0.6) is 0 Å². The van der Waals surface area contributed by atoms with Crippen LogP contribution in [0, 0.1) is 0 Å². The highest BCUT2D eigenvalue weighted by Gasteiger charge is 2.18. The number of nitrogens with zero attached hydrogens (tertiary/aromatic N) is 8. The lowest BCUT2D eigenvalue weighted by Crippen LogP contribution is -2.07. The van der Waals surface area contributed by atoms with Crippen molar-refractivity contribution in [2.75, 3.05) is 19.5 Å². The van der Waals surface area contributed by atoms with Crippen LogP contribution in [0.3, 0.4) is 0 Å². The summed E-state index contributed by atoms with van der Waals surface area (Å²) in [5.41, 5.74) is 6.63. The first-order chi connectivity index (χ1) is 24.7. The number of anilines is 1. The molecule has 0 amide bonds. The fourth-order valence-electron chi connectivity index (χ4n) is 5.77. The number of fused-ring (bicyclic) bond motifs is 2. The molecule has 51 heavy (non-hydrogen) atoms. The molecule has 5 aromatic rings. The second kappa shape index (κ2) is 19.7. The van der Waals surface area contributed by atoms with E-state index in [-0.39, 0.29) is 11.9 Å². The number of halogens is 1. The zero-order chi connectivity index (χ0) is 36.8. The number of aromatic nitrogens is 8. The Bertz CT molecular complexity index is 1890. The van der Waals surface area contributed by atoms with Crippen molar-refractivity contribution in [3.05, 3.63) is 64.1 Å². The van der Waals surface area contributed by atoms with Crippen LogP contribution in [0.25, 0.3) is 22.1 Å². The Morgan fingerprint density at radius 1 is 0.706 bits per heavy atom. The highest BCUT2D eigenvalue weighted by molar-refractivity contribution is 6.33. The van der Waals surface area contributed by atoms with Gasteiger partial charge in [0.25, 0.3) is 0 Å². The van der Waals surface area contributed by atoms with Crippen molar-refractivity contribution in [3.63, 3.8) is 0 Å². The lowest BCUT2D eigenvalue weighted by molar-refractivity contribution is -0.141. The minimum atomic E-state index is -0.188. The number of hydrogen-bond acceptors (Lipinski definition) is 11. The third kappa shape index (κ3) is 10.9. The first-order valence-electron chi connectivity index (χ1n) is 17.7. The van der Waals surface area contributed by atoms with Gasteiger partial charge in [-0.25, -0.2) is 19.9 Å². The molecule has 1 N–H and O–H groups in total. The third-order valence-electron chi connectivity index (χ3n) is 8.35. The number of rotatable bonds is 17. The molecule has 14 heteroatoms. The molecule has 0 atom stereocenters. The van der Waals surface area contributed by atoms with Gasteiger partial charge in [0.1, 0.15) is 33.7 Å². The molecule has 4 aromatic heterocycles. The largest absolute Gasteiger partial charge is 0.469 e. The number of benzene rings is 1. The SMILES string of the molecule is CCCc1nn(C)c2c(Cl)nc(CCCCC(=O)OC)nc12.CCCc1nn(C)c2c(NCc3ccccc3)nc(CCCCC(=O)OC)nc12. The Hall–Kier alpha value is -4.65. The standard InChI is InChI=1S/C22H29N5O2.C15H21ClN4O2/c1-4-10-17-20-21(27(2)26-17)22(23-15-16-11-6-5-7-12-16)25-18(24-20)13-8-9-14-19(28)29-3;1-4-7-10-13-14(20(2)19-10)15(16)18-11(17-13)8-5-6-9-12(21)22-3/h5-7,11-12H,4,8-10,13-15H2,1-3H3,(H,23,24,25);4-9H2,1-3H3. The average Bonchev–Trinajstić information content (AvgIpc) is 3.62. The van der Waals surface area contributed by atoms with Crippen LogP contribution >= 0.6 is 11.6 Å². The van der Waals surface area contributed by atoms with Gasteiger partial charge in [-0.3, -0.25) is 19.0 Å². The van der Waals surface area contributed by atoms with Gasteiger partial charge in [-0.2, -0.15) is 10.2 Å². The fraction of sp³-hybridized carbons (Fsp3) is 0.514. The van der Waals surface area contributed by atoms with Gasteiger partial charge >= 0.3 is 11.9 Å². The van der Waals surface area contributed by atoms with Crippen LogP contribution in [0.15, 0.2) is 30.3 Å². The van der Waals surface area contributed by atoms with Gasteiger partial charge in [0.05, 0.1) is 25.6 Å². The molecule has 0 fully saturated rings. The van der Waals surface area contributed by atoms with E-state index >= 15 is 0 Å². The molecule has 0 bridgehead atoms. The second-order valence-electron chi connectivity index (χ2n) is 12.4. The summed E-state index contributed by atoms with van der Waals surface area (Å²) in [4.78, 5) is 41.0. The number of methoxy groups -OCH3 is 2. The number of nitrogens with one attached hydrogen (secondary N) is 1. The normalized spacial score (nSPS) is 11.0. The second-order valence-corrected chi connectivity index (χ2v) is 12.7. The van der Waals surface area contributed by atoms with Crippen molar-refractivity contribution in [1.82, 2.24) is 39.5 Å². The van der Waals surface area contributed by atoms with Crippen LogP contribution in [0.1, 0.15) is 93.8 Å². The van der Waals surface area contributed by atoms with Crippen LogP contribution in [0.4, 0.5) is 5.82 Å². The van der Waals surface area contributed by atoms with Crippen LogP contribution in [0.2, 0.25) is 5.15 Å². The van der Waals surface area contributed by atoms with E-state index in [2.05, 4.69) is 56.2 Å². The molecule has 274 valence electrons. The maximum Gasteiger partial charge on any atom is 0.305 e. The first kappa shape index (κ1) is 39.1. The monoisotopic (exact) mass is 719 g/mol. The minimum absolute atomic E-state index is 0.177. The molecule has 1 aromatic carbocycles. The molecule has 4 heterocycles. The molecule has 13 nitrogen and oxygen atoms in total. The van der Waals surface area contributed by atoms with Gasteiger partial charge in [-0.05, 0) is 44.1 Å². The molecule has 5 rings (SSSR count). The third-order valence-corrected chi connectivity index (χ3v) is 8.61. The molecule has 0 saturated carbocycles. The van der Waals surface area contributed by atoms with E-state index in [1.807, 2.05) is 37.0 Å². The van der Waals surface area contributed by atoms with Crippen LogP contribution in [-0.2, 0) is 65.4 Å². The Balaban J connectivity index is 0.000000238. The summed E-state index contributed by atoms with van der Waals surface area (Å²) in [6.45, 7) is 4.93. The Morgan fingerprint density at radius 2 is 1.22 bits per heavy atom. The summed E-state index contributed by atoms with van der Waals surface area (Å²) in [6, 6.07) is 10.2. The Morgan fingerprint density at radius 3 is 1.75 bits per heavy atom. The summed E-state index contributed by atoms with van der Waals surface area (Å²) in [5.74, 6) is 1.92. The van der Waals surface area contributed by atoms with Crippen LogP contribution < -0.4 is 5.32 Å². The highest BCUT2D eigenvalue weighted by Crippen LogP contribution is 2.26. The van der Waals surface area contributed by atoms with Crippen molar-refractivity contribution >= 4 is 51.4 Å². The van der Waals surface area contributed by atoms with Gasteiger partial charge in [-0.15, -0.1) is 0 Å². The molecular weight excluding hydrogens is 670 g/mol. The van der Waals surface area contributed by atoms with E-state index in [9.17, 15) is 9.59 Å². The van der Waals surface area contributed by atoms with Gasteiger partial charge in [-0.1, -0.05) is 68.6 Å². The molecule has 0 spiro atoms. The van der Waals surface area contributed by atoms with E-state index in [0.717, 1.165) is 96.5 Å². The smallest absolute Gasteiger partial charge is 0.305 e. The average molecular weight is 720 g/mol. The summed E-state index contributed by atoms with van der Waals surface area (Å²) in [7, 11) is 6.61. The summed E-state index contributed by atoms with van der Waals surface area (Å²) >= 11 is 6.28. The van der Waals surface area contributed by atoms with E-state index in [1.165, 1.54) is 19.8 Å². The molecular formula is C37H50ClN9O4. The number of aryl methyl sites for hydroxylation is 6. The molecule has 0 saturated heterocycles. The molecule has 0 unspecified atom stereocenters. The lowest BCUT2D eigenvalue weighted by Gasteiger charge is -2.10.